The molecule has 1 spiro atoms. The second-order valence-corrected chi connectivity index (χ2v) is 18.6. The predicted molar refractivity (Wildman–Crippen MR) is 206 cm³/mol. The summed E-state index contributed by atoms with van der Waals surface area (Å²) in [5, 5.41) is 0. The zero-order valence-corrected chi connectivity index (χ0v) is 35.7. The molecule has 5 fully saturated rings. The van der Waals surface area contributed by atoms with Crippen LogP contribution in [0.25, 0.3) is 0 Å². The van der Waals surface area contributed by atoms with Gasteiger partial charge in [-0.05, 0) is 87.4 Å². The number of hydrogen-bond acceptors (Lipinski definition) is 14. The fourth-order valence-corrected chi connectivity index (χ4v) is 11.8. The summed E-state index contributed by atoms with van der Waals surface area (Å²) in [4.78, 5) is 87.3. The average molecular weight is 819 g/mol. The third-order valence-electron chi connectivity index (χ3n) is 14.3. The molecule has 2 bridgehead atoms. The molecule has 11 atom stereocenters. The van der Waals surface area contributed by atoms with E-state index in [4.69, 9.17) is 33.2 Å². The molecule has 14 nitrogen and oxygen atoms in total. The summed E-state index contributed by atoms with van der Waals surface area (Å²) in [6, 6.07) is 0. The van der Waals surface area contributed by atoms with E-state index in [2.05, 4.69) is 20.8 Å². The van der Waals surface area contributed by atoms with E-state index in [9.17, 15) is 33.6 Å². The van der Waals surface area contributed by atoms with Crippen LogP contribution in [-0.2, 0) is 66.7 Å². The first-order valence-electron chi connectivity index (χ1n) is 21.5. The molecule has 1 aliphatic heterocycles. The molecule has 0 aromatic carbocycles. The number of unbranched alkanes of at least 4 members (excludes halogenated alkanes) is 6. The third-order valence-corrected chi connectivity index (χ3v) is 14.3. The van der Waals surface area contributed by atoms with Crippen LogP contribution in [0.3, 0.4) is 0 Å². The lowest BCUT2D eigenvalue weighted by Crippen LogP contribution is -2.63. The lowest BCUT2D eigenvalue weighted by molar-refractivity contribution is -0.300. The van der Waals surface area contributed by atoms with Crippen molar-refractivity contribution in [2.45, 2.75) is 188 Å². The Kier molecular flexibility index (Phi) is 14.8. The molecule has 5 aliphatic rings. The minimum Gasteiger partial charge on any atom is -0.465 e. The third kappa shape index (κ3) is 10.1. The summed E-state index contributed by atoms with van der Waals surface area (Å²) in [5.41, 5.74) is -0.459. The van der Waals surface area contributed by atoms with Gasteiger partial charge < -0.3 is 33.2 Å². The zero-order valence-electron chi connectivity index (χ0n) is 35.7. The summed E-state index contributed by atoms with van der Waals surface area (Å²) in [6.07, 6.45) is 7.77. The average Bonchev–Trinajstić information content (AvgIpc) is 3.31. The number of esters is 6. The van der Waals surface area contributed by atoms with Gasteiger partial charge in [-0.15, -0.1) is 0 Å². The maximum atomic E-state index is 13.8. The number of carbonyl (C=O) groups excluding carboxylic acids is 7. The van der Waals surface area contributed by atoms with Crippen LogP contribution in [0, 0.1) is 33.5 Å². The molecule has 0 amide bonds. The molecule has 0 aromatic rings. The molecular formula is C44H66O14. The number of ketones is 1. The van der Waals surface area contributed by atoms with Gasteiger partial charge in [-0.2, -0.15) is 0 Å². The summed E-state index contributed by atoms with van der Waals surface area (Å²) >= 11 is 0. The van der Waals surface area contributed by atoms with Gasteiger partial charge in [0.15, 0.2) is 12.2 Å². The smallest absolute Gasteiger partial charge is 0.312 e. The highest BCUT2D eigenvalue weighted by Gasteiger charge is 2.68. The van der Waals surface area contributed by atoms with Crippen molar-refractivity contribution in [1.29, 1.82) is 0 Å². The fourth-order valence-electron chi connectivity index (χ4n) is 11.8. The number of rotatable bonds is 17. The van der Waals surface area contributed by atoms with Gasteiger partial charge >= 0.3 is 35.8 Å². The van der Waals surface area contributed by atoms with Crippen molar-refractivity contribution < 1.29 is 66.7 Å². The van der Waals surface area contributed by atoms with E-state index >= 15 is 0 Å². The number of carbonyl (C=O) groups is 7. The first kappa shape index (κ1) is 45.5. The molecule has 58 heavy (non-hydrogen) atoms. The van der Waals surface area contributed by atoms with Gasteiger partial charge in [0, 0.05) is 46.0 Å². The Balaban J connectivity index is 1.02. The summed E-state index contributed by atoms with van der Waals surface area (Å²) < 4.78 is 38.5. The lowest BCUT2D eigenvalue weighted by atomic mass is 9.40. The molecule has 5 rings (SSSR count). The van der Waals surface area contributed by atoms with E-state index in [0.717, 1.165) is 117 Å². The van der Waals surface area contributed by atoms with Crippen LogP contribution in [0.4, 0.5) is 0 Å². The van der Waals surface area contributed by atoms with Crippen LogP contribution in [-0.4, -0.2) is 85.5 Å². The van der Waals surface area contributed by atoms with E-state index in [0.29, 0.717) is 24.7 Å². The maximum absolute atomic E-state index is 13.8. The number of fused-ring (bicyclic) bond motifs is 3. The molecule has 326 valence electrons. The van der Waals surface area contributed by atoms with E-state index in [-0.39, 0.29) is 34.6 Å². The van der Waals surface area contributed by atoms with Gasteiger partial charge in [0.05, 0.1) is 12.0 Å². The molecule has 0 N–H and O–H groups in total. The van der Waals surface area contributed by atoms with Gasteiger partial charge in [-0.1, -0.05) is 52.4 Å². The van der Waals surface area contributed by atoms with E-state index in [1.54, 1.807) is 0 Å². The highest BCUT2D eigenvalue weighted by molar-refractivity contribution is 5.88. The minimum absolute atomic E-state index is 0.0425. The van der Waals surface area contributed by atoms with Crippen molar-refractivity contribution in [3.63, 3.8) is 0 Å². The zero-order chi connectivity index (χ0) is 42.5. The number of Topliss-reactive ketones (excluding diaryl/α,β-unsaturated/α-hetero) is 1. The van der Waals surface area contributed by atoms with Gasteiger partial charge in [-0.3, -0.25) is 33.6 Å². The van der Waals surface area contributed by atoms with Crippen molar-refractivity contribution >= 4 is 41.6 Å². The normalized spacial score (nSPS) is 36.4. The van der Waals surface area contributed by atoms with Crippen molar-refractivity contribution in [2.24, 2.45) is 33.5 Å². The molecule has 0 unspecified atom stereocenters. The first-order valence-corrected chi connectivity index (χ1v) is 21.5. The molecule has 4 saturated carbocycles. The van der Waals surface area contributed by atoms with Gasteiger partial charge in [-0.25, -0.2) is 0 Å². The van der Waals surface area contributed by atoms with E-state index in [1.165, 1.54) is 6.92 Å². The summed E-state index contributed by atoms with van der Waals surface area (Å²) in [5.74, 6) is -2.43. The maximum Gasteiger partial charge on any atom is 0.312 e. The quantitative estimate of drug-likeness (QED) is 0.0863. The Morgan fingerprint density at radius 2 is 1.26 bits per heavy atom. The first-order chi connectivity index (χ1) is 27.3. The minimum atomic E-state index is -1.54. The molecule has 14 heteroatoms. The van der Waals surface area contributed by atoms with Crippen molar-refractivity contribution in [2.75, 3.05) is 13.2 Å². The lowest BCUT2D eigenvalue weighted by Gasteiger charge is -2.63. The Morgan fingerprint density at radius 3 is 1.91 bits per heavy atom. The Labute approximate surface area is 342 Å². The largest absolute Gasteiger partial charge is 0.465 e. The number of hydrogen-bond donors (Lipinski definition) is 0. The molecule has 1 heterocycles. The van der Waals surface area contributed by atoms with E-state index in [1.807, 2.05) is 0 Å². The van der Waals surface area contributed by atoms with Crippen LogP contribution in [0.1, 0.15) is 158 Å². The highest BCUT2D eigenvalue weighted by Crippen LogP contribution is 2.73. The van der Waals surface area contributed by atoms with Crippen LogP contribution in [0.5, 0.6) is 0 Å². The molecule has 0 aromatic heterocycles. The van der Waals surface area contributed by atoms with Crippen LogP contribution in [0.2, 0.25) is 0 Å². The monoisotopic (exact) mass is 818 g/mol. The molecule has 0 radical (unpaired) electrons. The van der Waals surface area contributed by atoms with Crippen LogP contribution >= 0.6 is 0 Å². The second-order valence-electron chi connectivity index (χ2n) is 18.6. The Hall–Kier alpha value is -3.55. The second kappa shape index (κ2) is 18.8. The Bertz CT molecular complexity index is 1560. The molecule has 1 saturated heterocycles. The molecular weight excluding hydrogens is 752 g/mol. The van der Waals surface area contributed by atoms with Gasteiger partial charge in [0.2, 0.25) is 12.4 Å². The van der Waals surface area contributed by atoms with Crippen LogP contribution in [0.15, 0.2) is 0 Å². The van der Waals surface area contributed by atoms with Crippen LogP contribution < -0.4 is 0 Å². The van der Waals surface area contributed by atoms with E-state index < -0.39 is 72.6 Å². The van der Waals surface area contributed by atoms with Gasteiger partial charge in [0.1, 0.15) is 18.5 Å². The fraction of sp³-hybridized carbons (Fsp3) is 0.841. The highest BCUT2D eigenvalue weighted by atomic mass is 16.7. The van der Waals surface area contributed by atoms with Crippen molar-refractivity contribution in [1.82, 2.24) is 0 Å². The topological polar surface area (TPSA) is 184 Å². The summed E-state index contributed by atoms with van der Waals surface area (Å²) in [7, 11) is 0. The SMILES string of the molecule is CC(=O)OC[C@H]1O[C@@H](OC(=O)CCCCCCCCCOC(=O)[C@]2(C)CCC[C@@]3(C)[C@@H]4CC[C@@]5(C)C[C@]4(CC[C@@H]32)CC5=O)[C@H](OC(C)=O)[C@@H](OC(C)=O)[C@H]1OC(C)=O. The Morgan fingerprint density at radius 1 is 0.655 bits per heavy atom. The predicted octanol–water partition coefficient (Wildman–Crippen LogP) is 6.65. The number of ether oxygens (including phenoxy) is 7. The van der Waals surface area contributed by atoms with Crippen molar-refractivity contribution in [3.8, 4) is 0 Å². The van der Waals surface area contributed by atoms with Gasteiger partial charge in [0.25, 0.3) is 0 Å². The van der Waals surface area contributed by atoms with Crippen molar-refractivity contribution in [3.05, 3.63) is 0 Å². The molecule has 4 aliphatic carbocycles. The standard InChI is InChI=1S/C44H66O14/c1-27(45)53-25-31-36(54-28(2)46)37(55-29(3)47)38(56-30(4)48)39(57-31)58-35(50)16-13-11-9-8-10-12-14-23-52-40(51)43(7)20-15-19-42(6)32(43)18-22-44-24-34(49)41(5,26-44)21-17-33(42)44/h31-33,36-39H,8-26H2,1-7H3/t31-,32+,33+,36+,37+,38-,39+,41+,42-,43-,44+/m1/s1. The summed E-state index contributed by atoms with van der Waals surface area (Å²) in [6.45, 7) is 11.3.